The van der Waals surface area contributed by atoms with Gasteiger partial charge in [0.1, 0.15) is 0 Å². The number of hydrogen-bond acceptors (Lipinski definition) is 2. The molecule has 0 saturated carbocycles. The molecule has 0 aliphatic carbocycles. The summed E-state index contributed by atoms with van der Waals surface area (Å²) >= 11 is 0. The fraction of sp³-hybridized carbons (Fsp3) is 0.917. The predicted molar refractivity (Wildman–Crippen MR) is 66.5 cm³/mol. The number of carbonyl (C=O) groups excluding carboxylic acids is 1. The Bertz CT molecular complexity index is 212. The number of rotatable bonds is 4. The first-order valence-corrected chi connectivity index (χ1v) is 6.33. The molecular weight excluding hydrogens is 202 g/mol. The summed E-state index contributed by atoms with van der Waals surface area (Å²) in [6, 6.07) is 0.189. The highest BCUT2D eigenvalue weighted by atomic mass is 16.2. The van der Waals surface area contributed by atoms with Crippen LogP contribution in [0, 0.1) is 5.92 Å². The molecule has 1 saturated heterocycles. The maximum absolute atomic E-state index is 11.9. The van der Waals surface area contributed by atoms with E-state index in [4.69, 9.17) is 0 Å². The van der Waals surface area contributed by atoms with Gasteiger partial charge in [0.25, 0.3) is 0 Å². The summed E-state index contributed by atoms with van der Waals surface area (Å²) in [5.74, 6) is 0.795. The molecule has 0 spiro atoms. The topological polar surface area (TPSA) is 35.6 Å². The SMILES string of the molecule is CCN(C)C(=O)N1CCC(CCNC)CC1. The molecule has 1 heterocycles. The summed E-state index contributed by atoms with van der Waals surface area (Å²) in [5.41, 5.74) is 0. The summed E-state index contributed by atoms with van der Waals surface area (Å²) in [7, 11) is 3.87. The van der Waals surface area contributed by atoms with E-state index in [9.17, 15) is 4.79 Å². The van der Waals surface area contributed by atoms with Crippen molar-refractivity contribution in [2.75, 3.05) is 40.3 Å². The molecule has 1 rings (SSSR count). The van der Waals surface area contributed by atoms with E-state index in [1.807, 2.05) is 25.9 Å². The lowest BCUT2D eigenvalue weighted by atomic mass is 9.94. The second-order valence-corrected chi connectivity index (χ2v) is 4.62. The average molecular weight is 227 g/mol. The second kappa shape index (κ2) is 6.74. The maximum atomic E-state index is 11.9. The maximum Gasteiger partial charge on any atom is 0.319 e. The molecule has 1 N–H and O–H groups in total. The van der Waals surface area contributed by atoms with Gasteiger partial charge in [-0.1, -0.05) is 0 Å². The number of carbonyl (C=O) groups is 1. The van der Waals surface area contributed by atoms with E-state index in [-0.39, 0.29) is 6.03 Å². The van der Waals surface area contributed by atoms with E-state index in [0.717, 1.165) is 44.9 Å². The normalized spacial score (nSPS) is 17.6. The van der Waals surface area contributed by atoms with E-state index in [1.165, 1.54) is 6.42 Å². The van der Waals surface area contributed by atoms with E-state index >= 15 is 0 Å². The molecule has 2 amide bonds. The first-order chi connectivity index (χ1) is 7.69. The molecule has 0 radical (unpaired) electrons. The third-order valence-electron chi connectivity index (χ3n) is 3.49. The van der Waals surface area contributed by atoms with Gasteiger partial charge in [-0.15, -0.1) is 0 Å². The van der Waals surface area contributed by atoms with Crippen molar-refractivity contribution in [2.45, 2.75) is 26.2 Å². The Labute approximate surface area is 99.0 Å². The minimum absolute atomic E-state index is 0.189. The molecule has 16 heavy (non-hydrogen) atoms. The monoisotopic (exact) mass is 227 g/mol. The molecule has 4 heteroatoms. The van der Waals surface area contributed by atoms with Crippen LogP contribution in [0.25, 0.3) is 0 Å². The number of likely N-dealkylation sites (tertiary alicyclic amines) is 1. The molecule has 1 fully saturated rings. The number of piperidine rings is 1. The van der Waals surface area contributed by atoms with Crippen LogP contribution in [0.1, 0.15) is 26.2 Å². The van der Waals surface area contributed by atoms with Gasteiger partial charge >= 0.3 is 6.03 Å². The number of amides is 2. The zero-order chi connectivity index (χ0) is 12.0. The molecule has 94 valence electrons. The zero-order valence-electron chi connectivity index (χ0n) is 10.8. The molecular formula is C12H25N3O. The van der Waals surface area contributed by atoms with Gasteiger partial charge in [0, 0.05) is 26.7 Å². The summed E-state index contributed by atoms with van der Waals surface area (Å²) in [6.07, 6.45) is 3.55. The predicted octanol–water partition coefficient (Wildman–Crippen LogP) is 1.38. The van der Waals surface area contributed by atoms with Crippen LogP contribution in [-0.2, 0) is 0 Å². The Morgan fingerprint density at radius 3 is 2.56 bits per heavy atom. The van der Waals surface area contributed by atoms with E-state index in [2.05, 4.69) is 5.32 Å². The van der Waals surface area contributed by atoms with Crippen molar-refractivity contribution in [2.24, 2.45) is 5.92 Å². The van der Waals surface area contributed by atoms with Gasteiger partial charge in [-0.25, -0.2) is 4.79 Å². The van der Waals surface area contributed by atoms with Crippen LogP contribution < -0.4 is 5.32 Å². The third kappa shape index (κ3) is 3.67. The molecule has 0 aromatic carbocycles. The zero-order valence-corrected chi connectivity index (χ0v) is 10.8. The largest absolute Gasteiger partial charge is 0.328 e. The van der Waals surface area contributed by atoms with Crippen LogP contribution in [-0.4, -0.2) is 56.1 Å². The standard InChI is InChI=1S/C12H25N3O/c1-4-14(3)12(16)15-9-6-11(7-10-15)5-8-13-2/h11,13H,4-10H2,1-3H3. The lowest BCUT2D eigenvalue weighted by Gasteiger charge is -2.34. The molecule has 1 aliphatic rings. The number of urea groups is 1. The third-order valence-corrected chi connectivity index (χ3v) is 3.49. The Morgan fingerprint density at radius 2 is 2.06 bits per heavy atom. The smallest absolute Gasteiger partial charge is 0.319 e. The molecule has 4 nitrogen and oxygen atoms in total. The van der Waals surface area contributed by atoms with Crippen molar-refractivity contribution < 1.29 is 4.79 Å². The highest BCUT2D eigenvalue weighted by Crippen LogP contribution is 2.20. The minimum Gasteiger partial charge on any atom is -0.328 e. The van der Waals surface area contributed by atoms with Crippen molar-refractivity contribution in [3.8, 4) is 0 Å². The Kier molecular flexibility index (Phi) is 5.60. The quantitative estimate of drug-likeness (QED) is 0.787. The van der Waals surface area contributed by atoms with E-state index in [1.54, 1.807) is 4.90 Å². The van der Waals surface area contributed by atoms with Crippen LogP contribution in [0.15, 0.2) is 0 Å². The Hall–Kier alpha value is -0.770. The number of hydrogen-bond donors (Lipinski definition) is 1. The van der Waals surface area contributed by atoms with Crippen LogP contribution in [0.5, 0.6) is 0 Å². The van der Waals surface area contributed by atoms with Crippen LogP contribution in [0.4, 0.5) is 4.79 Å². The van der Waals surface area contributed by atoms with Crippen molar-refractivity contribution in [3.63, 3.8) is 0 Å². The van der Waals surface area contributed by atoms with Gasteiger partial charge in [0.05, 0.1) is 0 Å². The summed E-state index contributed by atoms with van der Waals surface area (Å²) in [4.78, 5) is 15.7. The summed E-state index contributed by atoms with van der Waals surface area (Å²) < 4.78 is 0. The average Bonchev–Trinajstić information content (AvgIpc) is 2.35. The number of nitrogens with one attached hydrogen (secondary N) is 1. The molecule has 0 aromatic heterocycles. The Morgan fingerprint density at radius 1 is 1.44 bits per heavy atom. The van der Waals surface area contributed by atoms with Gasteiger partial charge in [0.2, 0.25) is 0 Å². The molecule has 0 atom stereocenters. The van der Waals surface area contributed by atoms with E-state index in [0.29, 0.717) is 0 Å². The molecule has 0 aromatic rings. The minimum atomic E-state index is 0.189. The first kappa shape index (κ1) is 13.3. The highest BCUT2D eigenvalue weighted by Gasteiger charge is 2.23. The van der Waals surface area contributed by atoms with Crippen molar-refractivity contribution in [1.82, 2.24) is 15.1 Å². The van der Waals surface area contributed by atoms with Crippen LogP contribution in [0.3, 0.4) is 0 Å². The second-order valence-electron chi connectivity index (χ2n) is 4.62. The highest BCUT2D eigenvalue weighted by molar-refractivity contribution is 5.74. The Balaban J connectivity index is 2.28. The fourth-order valence-electron chi connectivity index (χ4n) is 2.14. The van der Waals surface area contributed by atoms with Gasteiger partial charge in [-0.05, 0) is 45.7 Å². The van der Waals surface area contributed by atoms with E-state index < -0.39 is 0 Å². The van der Waals surface area contributed by atoms with Crippen LogP contribution in [0.2, 0.25) is 0 Å². The lowest BCUT2D eigenvalue weighted by Crippen LogP contribution is -2.45. The van der Waals surface area contributed by atoms with Crippen molar-refractivity contribution in [3.05, 3.63) is 0 Å². The van der Waals surface area contributed by atoms with Crippen LogP contribution >= 0.6 is 0 Å². The van der Waals surface area contributed by atoms with Gasteiger partial charge in [0.15, 0.2) is 0 Å². The number of nitrogens with zero attached hydrogens (tertiary/aromatic N) is 2. The molecule has 0 bridgehead atoms. The first-order valence-electron chi connectivity index (χ1n) is 6.33. The van der Waals surface area contributed by atoms with Gasteiger partial charge < -0.3 is 15.1 Å². The van der Waals surface area contributed by atoms with Gasteiger partial charge in [-0.2, -0.15) is 0 Å². The fourth-order valence-corrected chi connectivity index (χ4v) is 2.14. The molecule has 0 unspecified atom stereocenters. The lowest BCUT2D eigenvalue weighted by molar-refractivity contribution is 0.140. The van der Waals surface area contributed by atoms with Gasteiger partial charge in [-0.3, -0.25) is 0 Å². The molecule has 1 aliphatic heterocycles. The van der Waals surface area contributed by atoms with Crippen molar-refractivity contribution in [1.29, 1.82) is 0 Å². The van der Waals surface area contributed by atoms with Crippen molar-refractivity contribution >= 4 is 6.03 Å². The summed E-state index contributed by atoms with van der Waals surface area (Å²) in [5, 5.41) is 3.19. The summed E-state index contributed by atoms with van der Waals surface area (Å²) in [6.45, 7) is 5.75.